The maximum atomic E-state index is 11.7. The summed E-state index contributed by atoms with van der Waals surface area (Å²) >= 11 is 0. The third-order valence-electron chi connectivity index (χ3n) is 2.35. The molecule has 0 bridgehead atoms. The summed E-state index contributed by atoms with van der Waals surface area (Å²) in [6, 6.07) is -0.131. The second kappa shape index (κ2) is 6.34. The van der Waals surface area contributed by atoms with Crippen molar-refractivity contribution in [2.75, 3.05) is 0 Å². The Kier molecular flexibility index (Phi) is 4.81. The van der Waals surface area contributed by atoms with Gasteiger partial charge in [0.25, 0.3) is 5.91 Å². The number of carboxylic acid groups (broad SMARTS) is 1. The molecule has 0 aliphatic rings. The number of nitrogens with one attached hydrogen (secondary N) is 2. The zero-order chi connectivity index (χ0) is 14.4. The Labute approximate surface area is 107 Å². The van der Waals surface area contributed by atoms with Gasteiger partial charge in [0.2, 0.25) is 5.91 Å². The number of hydrogen-bond acceptors (Lipinski definition) is 4. The standard InChI is InChI=1S/C11H13N3O5/c12-9(16)2-1-7(11(18)19)14-10(17)6-5-13-4-3-8(6)15/h3-5,7H,1-2H2,(H2,12,16)(H,13,15)(H,14,17)(H,18,19). The van der Waals surface area contributed by atoms with E-state index in [1.54, 1.807) is 0 Å². The number of pyridine rings is 1. The lowest BCUT2D eigenvalue weighted by atomic mass is 10.1. The molecule has 0 fully saturated rings. The van der Waals surface area contributed by atoms with E-state index in [0.29, 0.717) is 0 Å². The molecule has 0 aromatic carbocycles. The summed E-state index contributed by atoms with van der Waals surface area (Å²) in [6.07, 6.45) is 2.20. The molecule has 1 heterocycles. The Morgan fingerprint density at radius 1 is 1.42 bits per heavy atom. The molecule has 1 unspecified atom stereocenters. The molecule has 2 amide bonds. The summed E-state index contributed by atoms with van der Waals surface area (Å²) in [6.45, 7) is 0. The van der Waals surface area contributed by atoms with E-state index in [9.17, 15) is 19.2 Å². The average Bonchev–Trinajstić information content (AvgIpc) is 2.34. The van der Waals surface area contributed by atoms with E-state index in [4.69, 9.17) is 10.8 Å². The molecule has 5 N–H and O–H groups in total. The number of aromatic amines is 1. The summed E-state index contributed by atoms with van der Waals surface area (Å²) in [5.41, 5.74) is 4.17. The van der Waals surface area contributed by atoms with Crippen LogP contribution >= 0.6 is 0 Å². The van der Waals surface area contributed by atoms with Crippen LogP contribution in [0.15, 0.2) is 23.3 Å². The maximum absolute atomic E-state index is 11.7. The highest BCUT2D eigenvalue weighted by molar-refractivity contribution is 5.96. The number of H-pyrrole nitrogens is 1. The zero-order valence-electron chi connectivity index (χ0n) is 9.88. The minimum absolute atomic E-state index is 0.138. The number of nitrogens with two attached hydrogens (primary N) is 1. The molecule has 1 rings (SSSR count). The third kappa shape index (κ3) is 4.26. The van der Waals surface area contributed by atoms with Gasteiger partial charge in [-0.1, -0.05) is 0 Å². The fourth-order valence-corrected chi connectivity index (χ4v) is 1.37. The topological polar surface area (TPSA) is 142 Å². The predicted octanol–water partition coefficient (Wildman–Crippen LogP) is -1.18. The number of hydrogen-bond donors (Lipinski definition) is 4. The third-order valence-corrected chi connectivity index (χ3v) is 2.35. The Balaban J connectivity index is 2.77. The lowest BCUT2D eigenvalue weighted by Gasteiger charge is -2.13. The minimum atomic E-state index is -1.30. The highest BCUT2D eigenvalue weighted by Crippen LogP contribution is 1.99. The number of carboxylic acids is 1. The second-order valence-corrected chi connectivity index (χ2v) is 3.79. The van der Waals surface area contributed by atoms with Crippen LogP contribution in [0.4, 0.5) is 0 Å². The molecule has 1 aromatic rings. The Morgan fingerprint density at radius 2 is 2.11 bits per heavy atom. The van der Waals surface area contributed by atoms with Crippen LogP contribution in [0.5, 0.6) is 0 Å². The van der Waals surface area contributed by atoms with E-state index in [2.05, 4.69) is 10.3 Å². The summed E-state index contributed by atoms with van der Waals surface area (Å²) in [5.74, 6) is -2.79. The molecule has 0 saturated carbocycles. The number of primary amides is 1. The monoisotopic (exact) mass is 267 g/mol. The van der Waals surface area contributed by atoms with Gasteiger partial charge >= 0.3 is 5.97 Å². The van der Waals surface area contributed by atoms with E-state index < -0.39 is 29.3 Å². The first-order valence-electron chi connectivity index (χ1n) is 5.41. The molecule has 102 valence electrons. The lowest BCUT2D eigenvalue weighted by molar-refractivity contribution is -0.139. The number of carbonyl (C=O) groups excluding carboxylic acids is 2. The maximum Gasteiger partial charge on any atom is 0.326 e. The van der Waals surface area contributed by atoms with Crippen molar-refractivity contribution in [1.29, 1.82) is 0 Å². The van der Waals surface area contributed by atoms with Gasteiger partial charge in [0.1, 0.15) is 11.6 Å². The SMILES string of the molecule is NC(=O)CCC(NC(=O)c1c[nH]ccc1=O)C(=O)O. The van der Waals surface area contributed by atoms with Crippen molar-refractivity contribution in [3.8, 4) is 0 Å². The molecule has 8 heteroatoms. The van der Waals surface area contributed by atoms with Gasteiger partial charge in [0.15, 0.2) is 5.43 Å². The lowest BCUT2D eigenvalue weighted by Crippen LogP contribution is -2.42. The number of amides is 2. The predicted molar refractivity (Wildman–Crippen MR) is 64.4 cm³/mol. The molecule has 0 aliphatic carbocycles. The van der Waals surface area contributed by atoms with E-state index in [-0.39, 0.29) is 18.4 Å². The van der Waals surface area contributed by atoms with Crippen molar-refractivity contribution in [2.24, 2.45) is 5.73 Å². The summed E-state index contributed by atoms with van der Waals surface area (Å²) < 4.78 is 0. The van der Waals surface area contributed by atoms with Crippen LogP contribution in [0, 0.1) is 0 Å². The van der Waals surface area contributed by atoms with Gasteiger partial charge in [0.05, 0.1) is 0 Å². The largest absolute Gasteiger partial charge is 0.480 e. The van der Waals surface area contributed by atoms with Crippen LogP contribution in [0.1, 0.15) is 23.2 Å². The first-order valence-corrected chi connectivity index (χ1v) is 5.41. The van der Waals surface area contributed by atoms with Gasteiger partial charge in [0, 0.05) is 24.9 Å². The van der Waals surface area contributed by atoms with Crippen LogP contribution < -0.4 is 16.5 Å². The van der Waals surface area contributed by atoms with Crippen molar-refractivity contribution in [2.45, 2.75) is 18.9 Å². The van der Waals surface area contributed by atoms with Crippen LogP contribution in [0.2, 0.25) is 0 Å². The number of aliphatic carboxylic acids is 1. The fraction of sp³-hybridized carbons (Fsp3) is 0.273. The van der Waals surface area contributed by atoms with Crippen molar-refractivity contribution in [3.63, 3.8) is 0 Å². The molecule has 1 aromatic heterocycles. The normalized spacial score (nSPS) is 11.6. The van der Waals surface area contributed by atoms with E-state index in [0.717, 1.165) is 6.07 Å². The molecule has 8 nitrogen and oxygen atoms in total. The molecule has 0 aliphatic heterocycles. The molecular formula is C11H13N3O5. The Morgan fingerprint density at radius 3 is 2.63 bits per heavy atom. The average molecular weight is 267 g/mol. The smallest absolute Gasteiger partial charge is 0.326 e. The highest BCUT2D eigenvalue weighted by atomic mass is 16.4. The van der Waals surface area contributed by atoms with Crippen LogP contribution in [0.25, 0.3) is 0 Å². The number of rotatable bonds is 6. The van der Waals surface area contributed by atoms with Crippen LogP contribution in [-0.4, -0.2) is 33.9 Å². The Hall–Kier alpha value is -2.64. The van der Waals surface area contributed by atoms with Crippen molar-refractivity contribution < 1.29 is 19.5 Å². The van der Waals surface area contributed by atoms with Gasteiger partial charge in [-0.05, 0) is 6.42 Å². The van der Waals surface area contributed by atoms with Gasteiger partial charge in [-0.2, -0.15) is 0 Å². The number of aromatic nitrogens is 1. The fourth-order valence-electron chi connectivity index (χ4n) is 1.37. The molecule has 19 heavy (non-hydrogen) atoms. The summed E-state index contributed by atoms with van der Waals surface area (Å²) in [5, 5.41) is 11.1. The molecule has 0 spiro atoms. The van der Waals surface area contributed by atoms with E-state index in [1.165, 1.54) is 12.4 Å². The first kappa shape index (κ1) is 14.4. The second-order valence-electron chi connectivity index (χ2n) is 3.79. The van der Waals surface area contributed by atoms with E-state index in [1.807, 2.05) is 0 Å². The summed E-state index contributed by atoms with van der Waals surface area (Å²) in [7, 11) is 0. The van der Waals surface area contributed by atoms with Gasteiger partial charge in [-0.15, -0.1) is 0 Å². The van der Waals surface area contributed by atoms with E-state index >= 15 is 0 Å². The Bertz CT molecular complexity index is 551. The molecule has 1 atom stereocenters. The van der Waals surface area contributed by atoms with Crippen molar-refractivity contribution in [1.82, 2.24) is 10.3 Å². The van der Waals surface area contributed by atoms with Gasteiger partial charge < -0.3 is 21.1 Å². The van der Waals surface area contributed by atoms with Gasteiger partial charge in [-0.25, -0.2) is 4.79 Å². The molecule has 0 saturated heterocycles. The van der Waals surface area contributed by atoms with Crippen LogP contribution in [0.3, 0.4) is 0 Å². The van der Waals surface area contributed by atoms with Crippen molar-refractivity contribution in [3.05, 3.63) is 34.2 Å². The zero-order valence-corrected chi connectivity index (χ0v) is 9.88. The highest BCUT2D eigenvalue weighted by Gasteiger charge is 2.22. The van der Waals surface area contributed by atoms with Crippen LogP contribution in [-0.2, 0) is 9.59 Å². The van der Waals surface area contributed by atoms with Gasteiger partial charge in [-0.3, -0.25) is 14.4 Å². The number of carbonyl (C=O) groups is 3. The first-order chi connectivity index (χ1) is 8.91. The summed E-state index contributed by atoms with van der Waals surface area (Å²) in [4.78, 5) is 47.2. The minimum Gasteiger partial charge on any atom is -0.480 e. The van der Waals surface area contributed by atoms with Crippen molar-refractivity contribution >= 4 is 17.8 Å². The molecule has 0 radical (unpaired) electrons. The quantitative estimate of drug-likeness (QED) is 0.513. The molecular weight excluding hydrogens is 254 g/mol.